The van der Waals surface area contributed by atoms with Gasteiger partial charge in [-0.3, -0.25) is 20.4 Å². The Morgan fingerprint density at radius 3 is 2.44 bits per heavy atom. The second-order valence-corrected chi connectivity index (χ2v) is 5.82. The molecule has 0 saturated carbocycles. The zero-order valence-electron chi connectivity index (χ0n) is 14.7. The fourth-order valence-corrected chi connectivity index (χ4v) is 2.51. The Morgan fingerprint density at radius 1 is 1.11 bits per heavy atom. The maximum Gasteiger partial charge on any atom is 0.262 e. The fourth-order valence-electron chi connectivity index (χ4n) is 2.21. The van der Waals surface area contributed by atoms with Gasteiger partial charge in [0.05, 0.1) is 25.7 Å². The van der Waals surface area contributed by atoms with E-state index in [1.165, 1.54) is 50.6 Å². The number of carbonyl (C=O) groups is 2. The van der Waals surface area contributed by atoms with Gasteiger partial charge in [0.25, 0.3) is 5.91 Å². The molecule has 142 valence electrons. The molecule has 0 heterocycles. The minimum absolute atomic E-state index is 0.00949. The van der Waals surface area contributed by atoms with Crippen molar-refractivity contribution in [2.24, 2.45) is 0 Å². The van der Waals surface area contributed by atoms with Crippen molar-refractivity contribution in [2.45, 2.75) is 6.42 Å². The van der Waals surface area contributed by atoms with E-state index in [0.717, 1.165) is 0 Å². The molecule has 2 aromatic rings. The van der Waals surface area contributed by atoms with Crippen molar-refractivity contribution in [3.8, 4) is 11.5 Å². The lowest BCUT2D eigenvalue weighted by atomic mass is 10.1. The predicted molar refractivity (Wildman–Crippen MR) is 100.0 cm³/mol. The van der Waals surface area contributed by atoms with Crippen LogP contribution in [0.2, 0.25) is 5.02 Å². The first-order valence-electron chi connectivity index (χ1n) is 7.85. The van der Waals surface area contributed by atoms with E-state index in [1.54, 1.807) is 12.1 Å². The Morgan fingerprint density at radius 2 is 1.81 bits per heavy atom. The molecule has 2 amide bonds. The molecule has 8 heteroatoms. The van der Waals surface area contributed by atoms with Crippen LogP contribution in [0.25, 0.3) is 6.08 Å². The number of rotatable bonds is 6. The van der Waals surface area contributed by atoms with E-state index in [4.69, 9.17) is 21.1 Å². The Kier molecular flexibility index (Phi) is 7.19. The van der Waals surface area contributed by atoms with Gasteiger partial charge in [-0.25, -0.2) is 4.39 Å². The van der Waals surface area contributed by atoms with E-state index >= 15 is 0 Å². The number of amides is 2. The van der Waals surface area contributed by atoms with Crippen LogP contribution >= 0.6 is 11.6 Å². The molecule has 0 saturated heterocycles. The summed E-state index contributed by atoms with van der Waals surface area (Å²) in [6.07, 6.45) is 2.75. The second-order valence-electron chi connectivity index (χ2n) is 5.41. The molecule has 0 aliphatic heterocycles. The van der Waals surface area contributed by atoms with Crippen LogP contribution in [0.4, 0.5) is 4.39 Å². The number of carbonyl (C=O) groups excluding carboxylic acids is 2. The van der Waals surface area contributed by atoms with Crippen molar-refractivity contribution >= 4 is 29.5 Å². The summed E-state index contributed by atoms with van der Waals surface area (Å²) in [6.45, 7) is 0. The zero-order chi connectivity index (χ0) is 19.8. The topological polar surface area (TPSA) is 76.7 Å². The number of halogens is 2. The Bertz CT molecular complexity index is 854. The summed E-state index contributed by atoms with van der Waals surface area (Å²) in [7, 11) is 2.95. The van der Waals surface area contributed by atoms with Crippen molar-refractivity contribution in [1.29, 1.82) is 0 Å². The first-order valence-corrected chi connectivity index (χ1v) is 8.23. The summed E-state index contributed by atoms with van der Waals surface area (Å²) in [6, 6.07) is 8.78. The summed E-state index contributed by atoms with van der Waals surface area (Å²) < 4.78 is 23.2. The normalized spacial score (nSPS) is 10.5. The molecule has 2 rings (SSSR count). The predicted octanol–water partition coefficient (Wildman–Crippen LogP) is 2.90. The van der Waals surface area contributed by atoms with Crippen LogP contribution in [0.15, 0.2) is 42.5 Å². The van der Waals surface area contributed by atoms with Gasteiger partial charge in [0.1, 0.15) is 5.82 Å². The molecule has 2 aromatic carbocycles. The molecule has 0 aromatic heterocycles. The highest BCUT2D eigenvalue weighted by Gasteiger charge is 2.10. The average molecular weight is 393 g/mol. The molecule has 0 atom stereocenters. The second kappa shape index (κ2) is 9.59. The monoisotopic (exact) mass is 392 g/mol. The summed E-state index contributed by atoms with van der Waals surface area (Å²) >= 11 is 6.10. The van der Waals surface area contributed by atoms with E-state index in [-0.39, 0.29) is 12.2 Å². The van der Waals surface area contributed by atoms with E-state index in [1.807, 2.05) is 0 Å². The van der Waals surface area contributed by atoms with Crippen LogP contribution < -0.4 is 20.3 Å². The summed E-state index contributed by atoms with van der Waals surface area (Å²) in [5, 5.41) is 0.338. The fraction of sp³-hybridized carbons (Fsp3) is 0.158. The van der Waals surface area contributed by atoms with E-state index in [9.17, 15) is 14.0 Å². The minimum Gasteiger partial charge on any atom is -0.493 e. The van der Waals surface area contributed by atoms with Gasteiger partial charge in [0.2, 0.25) is 5.91 Å². The van der Waals surface area contributed by atoms with Crippen molar-refractivity contribution in [1.82, 2.24) is 10.9 Å². The van der Waals surface area contributed by atoms with E-state index < -0.39 is 11.8 Å². The van der Waals surface area contributed by atoms with Crippen LogP contribution in [0.3, 0.4) is 0 Å². The van der Waals surface area contributed by atoms with Crippen molar-refractivity contribution < 1.29 is 23.5 Å². The average Bonchev–Trinajstić information content (AvgIpc) is 2.66. The quantitative estimate of drug-likeness (QED) is 0.585. The van der Waals surface area contributed by atoms with Crippen LogP contribution in [0.1, 0.15) is 11.1 Å². The number of hydrazine groups is 1. The SMILES string of the molecule is COc1cc(/C=C/C(=O)NNC(=O)Cc2ccc(F)cc2)cc(Cl)c1OC. The molecule has 0 bridgehead atoms. The maximum atomic E-state index is 12.8. The molecule has 27 heavy (non-hydrogen) atoms. The highest BCUT2D eigenvalue weighted by atomic mass is 35.5. The van der Waals surface area contributed by atoms with Gasteiger partial charge in [-0.2, -0.15) is 0 Å². The maximum absolute atomic E-state index is 12.8. The molecule has 6 nitrogen and oxygen atoms in total. The number of methoxy groups -OCH3 is 2. The van der Waals surface area contributed by atoms with Gasteiger partial charge in [-0.15, -0.1) is 0 Å². The third-order valence-electron chi connectivity index (χ3n) is 3.49. The first kappa shape index (κ1) is 20.3. The zero-order valence-corrected chi connectivity index (χ0v) is 15.5. The molecule has 0 aliphatic rings. The van der Waals surface area contributed by atoms with Gasteiger partial charge in [-0.05, 0) is 41.5 Å². The lowest BCUT2D eigenvalue weighted by molar-refractivity contribution is -0.126. The molecule has 0 spiro atoms. The lowest BCUT2D eigenvalue weighted by Gasteiger charge is -2.10. The smallest absolute Gasteiger partial charge is 0.262 e. The molecular formula is C19H18ClFN2O4. The molecular weight excluding hydrogens is 375 g/mol. The molecule has 0 fully saturated rings. The molecule has 0 radical (unpaired) electrons. The molecule has 2 N–H and O–H groups in total. The van der Waals surface area contributed by atoms with Crippen LogP contribution in [0.5, 0.6) is 11.5 Å². The third kappa shape index (κ3) is 6.00. The summed E-state index contributed by atoms with van der Waals surface area (Å²) in [4.78, 5) is 23.6. The van der Waals surface area contributed by atoms with Gasteiger partial charge < -0.3 is 9.47 Å². The van der Waals surface area contributed by atoms with Crippen LogP contribution in [-0.4, -0.2) is 26.0 Å². The third-order valence-corrected chi connectivity index (χ3v) is 3.77. The van der Waals surface area contributed by atoms with Crippen molar-refractivity contribution in [2.75, 3.05) is 14.2 Å². The highest BCUT2D eigenvalue weighted by molar-refractivity contribution is 6.32. The Hall–Kier alpha value is -3.06. The van der Waals surface area contributed by atoms with E-state index in [0.29, 0.717) is 27.6 Å². The van der Waals surface area contributed by atoms with Gasteiger partial charge in [-0.1, -0.05) is 23.7 Å². The van der Waals surface area contributed by atoms with E-state index in [2.05, 4.69) is 10.9 Å². The first-order chi connectivity index (χ1) is 12.9. The number of ether oxygens (including phenoxy) is 2. The highest BCUT2D eigenvalue weighted by Crippen LogP contribution is 2.36. The van der Waals surface area contributed by atoms with Crippen LogP contribution in [-0.2, 0) is 16.0 Å². The lowest BCUT2D eigenvalue weighted by Crippen LogP contribution is -2.41. The number of hydrogen-bond donors (Lipinski definition) is 2. The van der Waals surface area contributed by atoms with Crippen molar-refractivity contribution in [3.05, 3.63) is 64.4 Å². The minimum atomic E-state index is -0.534. The number of benzene rings is 2. The van der Waals surface area contributed by atoms with Gasteiger partial charge in [0.15, 0.2) is 11.5 Å². The Labute approximate surface area is 160 Å². The van der Waals surface area contributed by atoms with Crippen LogP contribution in [0, 0.1) is 5.82 Å². The standard InChI is InChI=1S/C19H18ClFN2O4/c1-26-16-10-13(9-15(20)19(16)27-2)5-8-17(24)22-23-18(25)11-12-3-6-14(21)7-4-12/h3-10H,11H2,1-2H3,(H,22,24)(H,23,25)/b8-5+. The molecule has 0 aliphatic carbocycles. The largest absolute Gasteiger partial charge is 0.493 e. The number of hydrogen-bond acceptors (Lipinski definition) is 4. The van der Waals surface area contributed by atoms with Gasteiger partial charge >= 0.3 is 0 Å². The summed E-state index contributed by atoms with van der Waals surface area (Å²) in [5.41, 5.74) is 5.78. The van der Waals surface area contributed by atoms with Crippen molar-refractivity contribution in [3.63, 3.8) is 0 Å². The molecule has 0 unspecified atom stereocenters. The van der Waals surface area contributed by atoms with Gasteiger partial charge in [0, 0.05) is 6.08 Å². The summed E-state index contributed by atoms with van der Waals surface area (Å²) in [5.74, 6) is -0.523. The Balaban J connectivity index is 1.90. The number of nitrogens with one attached hydrogen (secondary N) is 2.